The molecule has 3 N–H and O–H groups in total. The minimum Gasteiger partial charge on any atom is -0.497 e. The first kappa shape index (κ1) is 18.6. The zero-order chi connectivity index (χ0) is 17.5. The van der Waals surface area contributed by atoms with Crippen molar-refractivity contribution in [3.8, 4) is 11.5 Å². The van der Waals surface area contributed by atoms with Crippen LogP contribution in [0.5, 0.6) is 11.5 Å². The van der Waals surface area contributed by atoms with Crippen LogP contribution in [-0.2, 0) is 4.79 Å². The molecule has 1 fully saturated rings. The number of hydrogen-bond donors (Lipinski definition) is 2. The number of nitrogens with two attached hydrogens (primary N) is 1. The van der Waals surface area contributed by atoms with Gasteiger partial charge in [-0.2, -0.15) is 0 Å². The van der Waals surface area contributed by atoms with Crippen LogP contribution in [0.15, 0.2) is 18.2 Å². The number of hydrogen-bond acceptors (Lipinski definition) is 3. The van der Waals surface area contributed by atoms with Gasteiger partial charge in [0.1, 0.15) is 17.5 Å². The van der Waals surface area contributed by atoms with E-state index in [1.165, 1.54) is 19.3 Å². The van der Waals surface area contributed by atoms with Gasteiger partial charge in [0.15, 0.2) is 6.54 Å². The minimum absolute atomic E-state index is 0.113. The molecule has 0 aromatic heterocycles. The van der Waals surface area contributed by atoms with Gasteiger partial charge in [-0.25, -0.2) is 0 Å². The average molecular weight is 335 g/mol. The molecule has 0 aliphatic heterocycles. The highest BCUT2D eigenvalue weighted by molar-refractivity contribution is 5.77. The normalized spacial score (nSPS) is 21.8. The Morgan fingerprint density at radius 1 is 1.29 bits per heavy atom. The Labute approximate surface area is 145 Å². The van der Waals surface area contributed by atoms with Crippen molar-refractivity contribution in [3.63, 3.8) is 0 Å². The Balaban J connectivity index is 1.90. The first-order chi connectivity index (χ1) is 11.5. The van der Waals surface area contributed by atoms with Gasteiger partial charge in [-0.15, -0.1) is 0 Å². The van der Waals surface area contributed by atoms with Crippen molar-refractivity contribution in [2.24, 2.45) is 5.92 Å². The fourth-order valence-corrected chi connectivity index (χ4v) is 3.40. The van der Waals surface area contributed by atoms with Gasteiger partial charge in [0, 0.05) is 6.04 Å². The third-order valence-corrected chi connectivity index (χ3v) is 5.04. The van der Waals surface area contributed by atoms with E-state index < -0.39 is 0 Å². The summed E-state index contributed by atoms with van der Waals surface area (Å²) in [5.74, 6) is 2.31. The van der Waals surface area contributed by atoms with Gasteiger partial charge in [-0.3, -0.25) is 4.79 Å². The first-order valence-electron chi connectivity index (χ1n) is 8.89. The first-order valence-corrected chi connectivity index (χ1v) is 8.89. The Morgan fingerprint density at radius 2 is 2.04 bits per heavy atom. The van der Waals surface area contributed by atoms with Gasteiger partial charge in [0.05, 0.1) is 19.8 Å². The smallest absolute Gasteiger partial charge is 0.275 e. The van der Waals surface area contributed by atoms with E-state index in [0.29, 0.717) is 18.5 Å². The Kier molecular flexibility index (Phi) is 6.91. The van der Waals surface area contributed by atoms with Gasteiger partial charge in [0.25, 0.3) is 5.91 Å². The molecular weight excluding hydrogens is 304 g/mol. The zero-order valence-electron chi connectivity index (χ0n) is 15.3. The number of benzene rings is 1. The largest absolute Gasteiger partial charge is 0.497 e. The van der Waals surface area contributed by atoms with Crippen molar-refractivity contribution in [3.05, 3.63) is 23.8 Å². The van der Waals surface area contributed by atoms with Crippen LogP contribution in [0.1, 0.15) is 51.1 Å². The number of carbonyl (C=O) groups is 1. The van der Waals surface area contributed by atoms with Gasteiger partial charge < -0.3 is 20.1 Å². The maximum Gasteiger partial charge on any atom is 0.275 e. The molecule has 0 heterocycles. The SMILES string of the molecule is COc1ccc(OC)c([C@H](C)[NH2+]CC(=O)N[C@H]2CCCC[C@@H]2C)c1. The average Bonchev–Trinajstić information content (AvgIpc) is 2.61. The lowest BCUT2D eigenvalue weighted by Crippen LogP contribution is -2.87. The number of rotatable bonds is 7. The van der Waals surface area contributed by atoms with Crippen LogP contribution in [0.2, 0.25) is 0 Å². The molecule has 1 aromatic rings. The molecule has 5 nitrogen and oxygen atoms in total. The van der Waals surface area contributed by atoms with E-state index in [1.807, 2.05) is 23.5 Å². The standard InChI is InChI=1S/C19H30N2O3/c1-13-7-5-6-8-17(13)21-19(22)12-20-14(2)16-11-15(23-3)9-10-18(16)24-4/h9-11,13-14,17,20H,5-8,12H2,1-4H3,(H,21,22)/p+1/t13-,14-,17-/m0/s1. The number of quaternary nitrogens is 1. The third kappa shape index (κ3) is 4.87. The van der Waals surface area contributed by atoms with E-state index in [-0.39, 0.29) is 11.9 Å². The number of nitrogens with one attached hydrogen (secondary N) is 1. The maximum atomic E-state index is 12.3. The second-order valence-electron chi connectivity index (χ2n) is 6.77. The lowest BCUT2D eigenvalue weighted by Gasteiger charge is -2.29. The van der Waals surface area contributed by atoms with E-state index >= 15 is 0 Å². The van der Waals surface area contributed by atoms with E-state index in [9.17, 15) is 4.79 Å². The molecule has 0 saturated heterocycles. The van der Waals surface area contributed by atoms with E-state index in [0.717, 1.165) is 23.5 Å². The third-order valence-electron chi connectivity index (χ3n) is 5.04. The highest BCUT2D eigenvalue weighted by Crippen LogP contribution is 2.27. The quantitative estimate of drug-likeness (QED) is 0.801. The summed E-state index contributed by atoms with van der Waals surface area (Å²) in [7, 11) is 3.31. The van der Waals surface area contributed by atoms with E-state index in [2.05, 4.69) is 19.2 Å². The molecule has 0 radical (unpaired) electrons. The van der Waals surface area contributed by atoms with Gasteiger partial charge in [-0.05, 0) is 43.9 Å². The van der Waals surface area contributed by atoms with Crippen LogP contribution in [0.4, 0.5) is 0 Å². The van der Waals surface area contributed by atoms with Gasteiger partial charge >= 0.3 is 0 Å². The van der Waals surface area contributed by atoms with Gasteiger partial charge in [0.2, 0.25) is 0 Å². The number of carbonyl (C=O) groups excluding carboxylic acids is 1. The fourth-order valence-electron chi connectivity index (χ4n) is 3.40. The predicted molar refractivity (Wildman–Crippen MR) is 94.3 cm³/mol. The summed E-state index contributed by atoms with van der Waals surface area (Å²) in [6.45, 7) is 4.73. The second kappa shape index (κ2) is 8.92. The lowest BCUT2D eigenvalue weighted by molar-refractivity contribution is -0.682. The minimum atomic E-state index is 0.113. The highest BCUT2D eigenvalue weighted by atomic mass is 16.5. The molecule has 0 bridgehead atoms. The van der Waals surface area contributed by atoms with E-state index in [4.69, 9.17) is 9.47 Å². The molecule has 1 aromatic carbocycles. The molecule has 1 aliphatic rings. The van der Waals surface area contributed by atoms with Crippen molar-refractivity contribution in [2.45, 2.75) is 51.6 Å². The zero-order valence-corrected chi connectivity index (χ0v) is 15.3. The van der Waals surface area contributed by atoms with Crippen LogP contribution in [-0.4, -0.2) is 32.7 Å². The van der Waals surface area contributed by atoms with Crippen LogP contribution in [0.25, 0.3) is 0 Å². The number of ether oxygens (including phenoxy) is 2. The van der Waals surface area contributed by atoms with Crippen LogP contribution in [0, 0.1) is 5.92 Å². The summed E-state index contributed by atoms with van der Waals surface area (Å²) >= 11 is 0. The van der Waals surface area contributed by atoms with E-state index in [1.54, 1.807) is 14.2 Å². The number of amides is 1. The molecule has 0 unspecified atom stereocenters. The monoisotopic (exact) mass is 335 g/mol. The molecule has 3 atom stereocenters. The summed E-state index contributed by atoms with van der Waals surface area (Å²) in [4.78, 5) is 12.3. The van der Waals surface area contributed by atoms with Crippen LogP contribution in [0.3, 0.4) is 0 Å². The lowest BCUT2D eigenvalue weighted by atomic mass is 9.86. The maximum absolute atomic E-state index is 12.3. The molecule has 0 spiro atoms. The predicted octanol–water partition coefficient (Wildman–Crippen LogP) is 2.02. The Hall–Kier alpha value is -1.75. The molecule has 5 heteroatoms. The molecular formula is C19H31N2O3+. The van der Waals surface area contributed by atoms with Crippen LogP contribution >= 0.6 is 0 Å². The summed E-state index contributed by atoms with van der Waals surface area (Å²) in [5, 5.41) is 5.24. The van der Waals surface area contributed by atoms with Gasteiger partial charge in [-0.1, -0.05) is 19.8 Å². The Bertz CT molecular complexity index is 547. The fraction of sp³-hybridized carbons (Fsp3) is 0.632. The summed E-state index contributed by atoms with van der Waals surface area (Å²) in [6, 6.07) is 6.21. The van der Waals surface area contributed by atoms with Crippen molar-refractivity contribution in [1.29, 1.82) is 0 Å². The highest BCUT2D eigenvalue weighted by Gasteiger charge is 2.24. The van der Waals surface area contributed by atoms with Crippen molar-refractivity contribution < 1.29 is 19.6 Å². The van der Waals surface area contributed by atoms with Crippen LogP contribution < -0.4 is 20.1 Å². The summed E-state index contributed by atoms with van der Waals surface area (Å²) in [6.07, 6.45) is 4.82. The topological polar surface area (TPSA) is 64.2 Å². The molecule has 24 heavy (non-hydrogen) atoms. The van der Waals surface area contributed by atoms with Crippen molar-refractivity contribution >= 4 is 5.91 Å². The number of methoxy groups -OCH3 is 2. The molecule has 134 valence electrons. The van der Waals surface area contributed by atoms with Crippen molar-refractivity contribution in [1.82, 2.24) is 5.32 Å². The Morgan fingerprint density at radius 3 is 2.71 bits per heavy atom. The summed E-state index contributed by atoms with van der Waals surface area (Å²) < 4.78 is 10.7. The molecule has 2 rings (SSSR count). The second-order valence-corrected chi connectivity index (χ2v) is 6.77. The van der Waals surface area contributed by atoms with Crippen molar-refractivity contribution in [2.75, 3.05) is 20.8 Å². The summed E-state index contributed by atoms with van der Waals surface area (Å²) in [5.41, 5.74) is 1.04. The molecule has 1 saturated carbocycles. The molecule has 1 amide bonds. The molecule has 1 aliphatic carbocycles.